The van der Waals surface area contributed by atoms with Crippen molar-refractivity contribution >= 4 is 28.6 Å². The number of nitrogens with zero attached hydrogens (tertiary/aromatic N) is 4. The Kier molecular flexibility index (Phi) is 6.40. The van der Waals surface area contributed by atoms with E-state index in [1.807, 2.05) is 22.9 Å². The summed E-state index contributed by atoms with van der Waals surface area (Å²) < 4.78 is 2.03. The van der Waals surface area contributed by atoms with Crippen LogP contribution in [0.5, 0.6) is 0 Å². The summed E-state index contributed by atoms with van der Waals surface area (Å²) in [6, 6.07) is 3.30. The van der Waals surface area contributed by atoms with E-state index in [1.165, 1.54) is 0 Å². The fourth-order valence-corrected chi connectivity index (χ4v) is 3.49. The van der Waals surface area contributed by atoms with E-state index in [-0.39, 0.29) is 17.7 Å². The van der Waals surface area contributed by atoms with Crippen LogP contribution >= 0.6 is 0 Å². The largest absolute Gasteiger partial charge is 0.346 e. The van der Waals surface area contributed by atoms with Crippen LogP contribution in [0.2, 0.25) is 0 Å². The zero-order valence-corrected chi connectivity index (χ0v) is 17.8. The van der Waals surface area contributed by atoms with Crippen molar-refractivity contribution in [1.29, 1.82) is 0 Å². The minimum absolute atomic E-state index is 0.0686. The van der Waals surface area contributed by atoms with Crippen molar-refractivity contribution in [1.82, 2.24) is 24.7 Å². The molecule has 30 heavy (non-hydrogen) atoms. The second-order valence-electron chi connectivity index (χ2n) is 8.32. The molecule has 1 atom stereocenters. The van der Waals surface area contributed by atoms with Crippen LogP contribution in [-0.2, 0) is 20.9 Å². The molecule has 9 heteroatoms. The van der Waals surface area contributed by atoms with Crippen molar-refractivity contribution in [2.75, 3.05) is 26.2 Å². The lowest BCUT2D eigenvalue weighted by Gasteiger charge is -2.36. The summed E-state index contributed by atoms with van der Waals surface area (Å²) in [7, 11) is 0. The number of rotatable bonds is 6. The first-order valence-electron chi connectivity index (χ1n) is 10.2. The third-order valence-electron chi connectivity index (χ3n) is 5.39. The van der Waals surface area contributed by atoms with Crippen LogP contribution in [0.1, 0.15) is 27.2 Å². The van der Waals surface area contributed by atoms with Crippen LogP contribution in [0.3, 0.4) is 0 Å². The SMILES string of the molecule is CC(NC(=O)C(C)(C)N)C(=O)N1CCN(C(=O)CCn2ccc3ccncc32)CC1. The summed E-state index contributed by atoms with van der Waals surface area (Å²) >= 11 is 0. The molecule has 1 fully saturated rings. The number of amides is 3. The molecule has 1 aliphatic heterocycles. The van der Waals surface area contributed by atoms with E-state index in [9.17, 15) is 14.4 Å². The fraction of sp³-hybridized carbons (Fsp3) is 0.524. The van der Waals surface area contributed by atoms with Crippen LogP contribution in [0, 0.1) is 0 Å². The summed E-state index contributed by atoms with van der Waals surface area (Å²) in [6.45, 7) is 7.31. The number of fused-ring (bicyclic) bond motifs is 1. The molecule has 0 aromatic carbocycles. The van der Waals surface area contributed by atoms with Crippen molar-refractivity contribution in [2.45, 2.75) is 45.3 Å². The van der Waals surface area contributed by atoms with Gasteiger partial charge in [-0.2, -0.15) is 0 Å². The van der Waals surface area contributed by atoms with Crippen molar-refractivity contribution in [3.8, 4) is 0 Å². The molecule has 3 rings (SSSR count). The first-order chi connectivity index (χ1) is 14.2. The van der Waals surface area contributed by atoms with Gasteiger partial charge in [0.2, 0.25) is 17.7 Å². The maximum absolute atomic E-state index is 12.6. The number of hydrogen-bond acceptors (Lipinski definition) is 5. The minimum atomic E-state index is -1.04. The van der Waals surface area contributed by atoms with Gasteiger partial charge < -0.3 is 25.4 Å². The highest BCUT2D eigenvalue weighted by molar-refractivity contribution is 5.91. The number of aromatic nitrogens is 2. The Balaban J connectivity index is 1.47. The second kappa shape index (κ2) is 8.83. The highest BCUT2D eigenvalue weighted by Crippen LogP contribution is 2.15. The van der Waals surface area contributed by atoms with E-state index < -0.39 is 11.6 Å². The Hall–Kier alpha value is -2.94. The molecule has 1 unspecified atom stereocenters. The highest BCUT2D eigenvalue weighted by Gasteiger charge is 2.30. The van der Waals surface area contributed by atoms with Gasteiger partial charge in [0.05, 0.1) is 17.3 Å². The number of pyridine rings is 1. The average Bonchev–Trinajstić information content (AvgIpc) is 3.14. The molecule has 0 aliphatic carbocycles. The third kappa shape index (κ3) is 4.96. The molecule has 0 bridgehead atoms. The molecular weight excluding hydrogens is 384 g/mol. The monoisotopic (exact) mass is 414 g/mol. The Morgan fingerprint density at radius 1 is 1.17 bits per heavy atom. The maximum Gasteiger partial charge on any atom is 0.244 e. The number of aryl methyl sites for hydroxylation is 1. The molecule has 0 saturated carbocycles. The molecule has 9 nitrogen and oxygen atoms in total. The van der Waals surface area contributed by atoms with E-state index in [1.54, 1.807) is 43.0 Å². The van der Waals surface area contributed by atoms with Gasteiger partial charge in [-0.15, -0.1) is 0 Å². The molecule has 2 aromatic heterocycles. The normalized spacial score (nSPS) is 15.9. The summed E-state index contributed by atoms with van der Waals surface area (Å²) in [5, 5.41) is 3.76. The molecule has 0 spiro atoms. The lowest BCUT2D eigenvalue weighted by molar-refractivity contribution is -0.142. The van der Waals surface area contributed by atoms with Gasteiger partial charge in [-0.3, -0.25) is 19.4 Å². The van der Waals surface area contributed by atoms with E-state index in [0.717, 1.165) is 10.9 Å². The molecule has 2 aromatic rings. The van der Waals surface area contributed by atoms with Crippen molar-refractivity contribution < 1.29 is 14.4 Å². The standard InChI is InChI=1S/C21H30N6O3/c1-15(24-20(30)21(2,3)22)19(29)27-12-10-26(11-13-27)18(28)6-9-25-8-5-16-4-7-23-14-17(16)25/h4-5,7-8,14-15H,6,9-13,22H2,1-3H3,(H,24,30). The van der Waals surface area contributed by atoms with Crippen LogP contribution in [0.25, 0.3) is 10.9 Å². The van der Waals surface area contributed by atoms with E-state index in [0.29, 0.717) is 39.1 Å². The topological polar surface area (TPSA) is 114 Å². The molecule has 3 amide bonds. The Labute approximate surface area is 176 Å². The predicted octanol–water partition coefficient (Wildman–Crippen LogP) is 0.339. The van der Waals surface area contributed by atoms with Gasteiger partial charge in [0.25, 0.3) is 0 Å². The van der Waals surface area contributed by atoms with E-state index >= 15 is 0 Å². The number of carbonyl (C=O) groups is 3. The van der Waals surface area contributed by atoms with Gasteiger partial charge in [0.15, 0.2) is 0 Å². The molecule has 1 aliphatic rings. The minimum Gasteiger partial charge on any atom is -0.346 e. The Morgan fingerprint density at radius 3 is 2.50 bits per heavy atom. The van der Waals surface area contributed by atoms with Gasteiger partial charge in [0, 0.05) is 56.9 Å². The molecule has 0 radical (unpaired) electrons. The Morgan fingerprint density at radius 2 is 1.83 bits per heavy atom. The summed E-state index contributed by atoms with van der Waals surface area (Å²) in [4.78, 5) is 44.8. The number of piperazine rings is 1. The van der Waals surface area contributed by atoms with E-state index in [2.05, 4.69) is 10.3 Å². The first kappa shape index (κ1) is 21.8. The quantitative estimate of drug-likeness (QED) is 0.708. The zero-order chi connectivity index (χ0) is 21.9. The number of hydrogen-bond donors (Lipinski definition) is 2. The van der Waals surface area contributed by atoms with Gasteiger partial charge in [0.1, 0.15) is 6.04 Å². The lowest BCUT2D eigenvalue weighted by atomic mass is 10.1. The molecule has 3 N–H and O–H groups in total. The highest BCUT2D eigenvalue weighted by atomic mass is 16.2. The zero-order valence-electron chi connectivity index (χ0n) is 17.8. The number of nitrogens with two attached hydrogens (primary N) is 1. The third-order valence-corrected chi connectivity index (χ3v) is 5.39. The number of carbonyl (C=O) groups excluding carboxylic acids is 3. The van der Waals surface area contributed by atoms with Crippen molar-refractivity contribution in [3.05, 3.63) is 30.7 Å². The predicted molar refractivity (Wildman–Crippen MR) is 113 cm³/mol. The summed E-state index contributed by atoms with van der Waals surface area (Å²) in [5.74, 6) is -0.463. The second-order valence-corrected chi connectivity index (χ2v) is 8.32. The van der Waals surface area contributed by atoms with Crippen LogP contribution in [0.4, 0.5) is 0 Å². The first-order valence-corrected chi connectivity index (χ1v) is 10.2. The van der Waals surface area contributed by atoms with Crippen LogP contribution in [0.15, 0.2) is 30.7 Å². The van der Waals surface area contributed by atoms with Crippen LogP contribution in [-0.4, -0.2) is 74.8 Å². The smallest absolute Gasteiger partial charge is 0.244 e. The van der Waals surface area contributed by atoms with Crippen LogP contribution < -0.4 is 11.1 Å². The van der Waals surface area contributed by atoms with Gasteiger partial charge in [-0.1, -0.05) is 0 Å². The summed E-state index contributed by atoms with van der Waals surface area (Å²) in [6.07, 6.45) is 5.91. The van der Waals surface area contributed by atoms with E-state index in [4.69, 9.17) is 5.73 Å². The van der Waals surface area contributed by atoms with Gasteiger partial charge in [-0.05, 0) is 32.9 Å². The molecular formula is C21H30N6O3. The van der Waals surface area contributed by atoms with Gasteiger partial charge in [-0.25, -0.2) is 0 Å². The van der Waals surface area contributed by atoms with Gasteiger partial charge >= 0.3 is 0 Å². The molecule has 1 saturated heterocycles. The molecule has 3 heterocycles. The Bertz CT molecular complexity index is 924. The van der Waals surface area contributed by atoms with Crippen molar-refractivity contribution in [2.24, 2.45) is 5.73 Å². The fourth-order valence-electron chi connectivity index (χ4n) is 3.49. The molecule has 162 valence electrons. The average molecular weight is 415 g/mol. The maximum atomic E-state index is 12.6. The summed E-state index contributed by atoms with van der Waals surface area (Å²) in [5.41, 5.74) is 5.74. The lowest BCUT2D eigenvalue weighted by Crippen LogP contribution is -2.58. The number of nitrogens with one attached hydrogen (secondary N) is 1. The van der Waals surface area contributed by atoms with Crippen molar-refractivity contribution in [3.63, 3.8) is 0 Å².